The first-order chi connectivity index (χ1) is 8.83. The van der Waals surface area contributed by atoms with Gasteiger partial charge in [-0.25, -0.2) is 0 Å². The Morgan fingerprint density at radius 1 is 1.28 bits per heavy atom. The van der Waals surface area contributed by atoms with Crippen LogP contribution in [0.25, 0.3) is 0 Å². The van der Waals surface area contributed by atoms with E-state index in [1.807, 2.05) is 24.3 Å². The molecule has 0 aliphatic carbocycles. The molecular weight excluding hydrogens is 228 g/mol. The van der Waals surface area contributed by atoms with Gasteiger partial charge in [0.25, 0.3) is 5.91 Å². The van der Waals surface area contributed by atoms with Crippen LogP contribution in [0.5, 0.6) is 5.75 Å². The van der Waals surface area contributed by atoms with Gasteiger partial charge in [-0.05, 0) is 37.6 Å². The third-order valence-corrected chi connectivity index (χ3v) is 3.63. The summed E-state index contributed by atoms with van der Waals surface area (Å²) in [6, 6.07) is 8.16. The smallest absolute Gasteiger partial charge is 0.261 e. The zero-order valence-corrected chi connectivity index (χ0v) is 10.3. The lowest BCUT2D eigenvalue weighted by atomic mass is 10.1. The number of carbonyl (C=O) groups excluding carboxylic acids is 1. The molecule has 4 heteroatoms. The van der Waals surface area contributed by atoms with E-state index in [2.05, 4.69) is 10.6 Å². The first-order valence-corrected chi connectivity index (χ1v) is 6.58. The zero-order chi connectivity index (χ0) is 12.4. The molecule has 2 aliphatic heterocycles. The minimum absolute atomic E-state index is 0.0260. The van der Waals surface area contributed by atoms with Crippen molar-refractivity contribution in [3.8, 4) is 5.75 Å². The molecule has 1 atom stereocenters. The molecule has 18 heavy (non-hydrogen) atoms. The van der Waals surface area contributed by atoms with E-state index in [-0.39, 0.29) is 12.0 Å². The van der Waals surface area contributed by atoms with Crippen LogP contribution >= 0.6 is 0 Å². The Kier molecular flexibility index (Phi) is 3.19. The molecule has 3 rings (SSSR count). The SMILES string of the molecule is O=C(NC1CCNCC1)C1Cc2ccccc2O1. The van der Waals surface area contributed by atoms with Crippen LogP contribution in [0.3, 0.4) is 0 Å². The van der Waals surface area contributed by atoms with Crippen molar-refractivity contribution in [2.24, 2.45) is 0 Å². The van der Waals surface area contributed by atoms with Crippen LogP contribution in [0.4, 0.5) is 0 Å². The number of nitrogens with one attached hydrogen (secondary N) is 2. The highest BCUT2D eigenvalue weighted by Gasteiger charge is 2.30. The topological polar surface area (TPSA) is 50.4 Å². The first kappa shape index (κ1) is 11.5. The van der Waals surface area contributed by atoms with Crippen molar-refractivity contribution in [3.63, 3.8) is 0 Å². The van der Waals surface area contributed by atoms with Crippen LogP contribution in [0.1, 0.15) is 18.4 Å². The normalized spacial score (nSPS) is 23.2. The number of fused-ring (bicyclic) bond motifs is 1. The number of para-hydroxylation sites is 1. The molecule has 0 aromatic heterocycles. The molecule has 96 valence electrons. The van der Waals surface area contributed by atoms with Gasteiger partial charge in [0.1, 0.15) is 5.75 Å². The van der Waals surface area contributed by atoms with Crippen molar-refractivity contribution in [2.45, 2.75) is 31.4 Å². The van der Waals surface area contributed by atoms with Crippen LogP contribution in [0, 0.1) is 0 Å². The third-order valence-electron chi connectivity index (χ3n) is 3.63. The number of ether oxygens (including phenoxy) is 1. The molecule has 1 aromatic carbocycles. The lowest BCUT2D eigenvalue weighted by molar-refractivity contribution is -0.128. The van der Waals surface area contributed by atoms with Gasteiger partial charge in [0.15, 0.2) is 6.10 Å². The Hall–Kier alpha value is -1.55. The second kappa shape index (κ2) is 4.98. The lowest BCUT2D eigenvalue weighted by Gasteiger charge is -2.24. The van der Waals surface area contributed by atoms with Gasteiger partial charge in [0, 0.05) is 12.5 Å². The highest BCUT2D eigenvalue weighted by atomic mass is 16.5. The van der Waals surface area contributed by atoms with Crippen LogP contribution in [0.15, 0.2) is 24.3 Å². The predicted octanol–water partition coefficient (Wildman–Crippen LogP) is 0.858. The molecular formula is C14H18N2O2. The van der Waals surface area contributed by atoms with E-state index in [4.69, 9.17) is 4.74 Å². The second-order valence-corrected chi connectivity index (χ2v) is 4.95. The van der Waals surface area contributed by atoms with E-state index in [0.717, 1.165) is 37.2 Å². The molecule has 0 radical (unpaired) electrons. The van der Waals surface area contributed by atoms with E-state index in [1.165, 1.54) is 0 Å². The minimum Gasteiger partial charge on any atom is -0.480 e. The summed E-state index contributed by atoms with van der Waals surface area (Å²) >= 11 is 0. The number of hydrogen-bond donors (Lipinski definition) is 2. The quantitative estimate of drug-likeness (QED) is 0.813. The van der Waals surface area contributed by atoms with Gasteiger partial charge in [-0.3, -0.25) is 4.79 Å². The fourth-order valence-electron chi connectivity index (χ4n) is 2.59. The molecule has 2 aliphatic rings. The highest BCUT2D eigenvalue weighted by molar-refractivity contribution is 5.82. The summed E-state index contributed by atoms with van der Waals surface area (Å²) in [5, 5.41) is 6.38. The number of benzene rings is 1. The van der Waals surface area contributed by atoms with Crippen molar-refractivity contribution < 1.29 is 9.53 Å². The fraction of sp³-hybridized carbons (Fsp3) is 0.500. The Morgan fingerprint density at radius 2 is 2.06 bits per heavy atom. The number of hydrogen-bond acceptors (Lipinski definition) is 3. The molecule has 1 aromatic rings. The molecule has 1 amide bonds. The maximum atomic E-state index is 12.1. The highest BCUT2D eigenvalue weighted by Crippen LogP contribution is 2.28. The van der Waals surface area contributed by atoms with E-state index < -0.39 is 0 Å². The Balaban J connectivity index is 1.58. The minimum atomic E-state index is -0.350. The maximum Gasteiger partial charge on any atom is 0.261 e. The maximum absolute atomic E-state index is 12.1. The molecule has 0 spiro atoms. The van der Waals surface area contributed by atoms with E-state index in [0.29, 0.717) is 12.5 Å². The van der Waals surface area contributed by atoms with Gasteiger partial charge in [0.2, 0.25) is 0 Å². The van der Waals surface area contributed by atoms with Gasteiger partial charge in [-0.15, -0.1) is 0 Å². The summed E-state index contributed by atoms with van der Waals surface area (Å²) < 4.78 is 5.68. The van der Waals surface area contributed by atoms with Gasteiger partial charge in [0.05, 0.1) is 0 Å². The van der Waals surface area contributed by atoms with E-state index in [9.17, 15) is 4.79 Å². The molecule has 1 unspecified atom stereocenters. The summed E-state index contributed by atoms with van der Waals surface area (Å²) in [7, 11) is 0. The summed E-state index contributed by atoms with van der Waals surface area (Å²) in [6.07, 6.45) is 2.35. The summed E-state index contributed by atoms with van der Waals surface area (Å²) in [5.74, 6) is 0.876. The van der Waals surface area contributed by atoms with Gasteiger partial charge < -0.3 is 15.4 Å². The summed E-state index contributed by atoms with van der Waals surface area (Å²) in [6.45, 7) is 1.97. The van der Waals surface area contributed by atoms with Crippen molar-refractivity contribution in [1.82, 2.24) is 10.6 Å². The Morgan fingerprint density at radius 3 is 2.83 bits per heavy atom. The number of carbonyl (C=O) groups is 1. The van der Waals surface area contributed by atoms with Crippen molar-refractivity contribution >= 4 is 5.91 Å². The average molecular weight is 246 g/mol. The molecule has 0 bridgehead atoms. The first-order valence-electron chi connectivity index (χ1n) is 6.58. The van der Waals surface area contributed by atoms with Gasteiger partial charge >= 0.3 is 0 Å². The van der Waals surface area contributed by atoms with Crippen molar-refractivity contribution in [1.29, 1.82) is 0 Å². The number of piperidine rings is 1. The Labute approximate surface area is 107 Å². The van der Waals surface area contributed by atoms with Gasteiger partial charge in [-0.2, -0.15) is 0 Å². The fourth-order valence-corrected chi connectivity index (χ4v) is 2.59. The predicted molar refractivity (Wildman–Crippen MR) is 68.6 cm³/mol. The third kappa shape index (κ3) is 2.34. The average Bonchev–Trinajstić information content (AvgIpc) is 2.84. The van der Waals surface area contributed by atoms with E-state index in [1.54, 1.807) is 0 Å². The number of rotatable bonds is 2. The van der Waals surface area contributed by atoms with Crippen LogP contribution in [0.2, 0.25) is 0 Å². The summed E-state index contributed by atoms with van der Waals surface area (Å²) in [5.41, 5.74) is 1.13. The molecule has 4 nitrogen and oxygen atoms in total. The second-order valence-electron chi connectivity index (χ2n) is 4.95. The van der Waals surface area contributed by atoms with E-state index >= 15 is 0 Å². The molecule has 1 fully saturated rings. The van der Waals surface area contributed by atoms with Crippen molar-refractivity contribution in [2.75, 3.05) is 13.1 Å². The number of amides is 1. The zero-order valence-electron chi connectivity index (χ0n) is 10.3. The van der Waals surface area contributed by atoms with Crippen LogP contribution < -0.4 is 15.4 Å². The monoisotopic (exact) mass is 246 g/mol. The largest absolute Gasteiger partial charge is 0.480 e. The van der Waals surface area contributed by atoms with Gasteiger partial charge in [-0.1, -0.05) is 18.2 Å². The van der Waals surface area contributed by atoms with Crippen LogP contribution in [-0.4, -0.2) is 31.1 Å². The molecule has 0 saturated carbocycles. The van der Waals surface area contributed by atoms with Crippen LogP contribution in [-0.2, 0) is 11.2 Å². The lowest BCUT2D eigenvalue weighted by Crippen LogP contribution is -2.47. The molecule has 2 heterocycles. The molecule has 2 N–H and O–H groups in total. The molecule has 1 saturated heterocycles. The standard InChI is InChI=1S/C14H18N2O2/c17-14(16-11-5-7-15-8-6-11)13-9-10-3-1-2-4-12(10)18-13/h1-4,11,13,15H,5-9H2,(H,16,17). The van der Waals surface area contributed by atoms with Crippen molar-refractivity contribution in [3.05, 3.63) is 29.8 Å². The summed E-state index contributed by atoms with van der Waals surface area (Å²) in [4.78, 5) is 12.1. The Bertz CT molecular complexity index is 416.